The number of aliphatic hydroxyl groups is 7. The molecule has 0 radical (unpaired) electrons. The van der Waals surface area contributed by atoms with Crippen LogP contribution in [0.4, 0.5) is 0 Å². The van der Waals surface area contributed by atoms with E-state index in [1.54, 1.807) is 0 Å². The molecule has 2 heterocycles. The van der Waals surface area contributed by atoms with Gasteiger partial charge in [-0.25, -0.2) is 0 Å². The summed E-state index contributed by atoms with van der Waals surface area (Å²) in [5.74, 6) is -0.459. The first-order chi connectivity index (χ1) is 32.1. The zero-order chi connectivity index (χ0) is 48.0. The summed E-state index contributed by atoms with van der Waals surface area (Å²) < 4.78 is 34.1. The molecule has 0 bridgehead atoms. The molecule has 2 fully saturated rings. The summed E-state index contributed by atoms with van der Waals surface area (Å²) in [7, 11) is 0. The molecule has 7 N–H and O–H groups in total. The maximum atomic E-state index is 13.0. The molecule has 0 aromatic rings. The van der Waals surface area contributed by atoms with Crippen molar-refractivity contribution in [1.82, 2.24) is 0 Å². The molecule has 0 aromatic heterocycles. The van der Waals surface area contributed by atoms with Crippen LogP contribution in [0.2, 0.25) is 0 Å². The molecule has 66 heavy (non-hydrogen) atoms. The number of rotatable bonds is 38. The second-order valence-corrected chi connectivity index (χ2v) is 17.3. The fourth-order valence-corrected chi connectivity index (χ4v) is 7.43. The summed E-state index contributed by atoms with van der Waals surface area (Å²) in [4.78, 5) is 13.0. The van der Waals surface area contributed by atoms with Crippen LogP contribution in [0.3, 0.4) is 0 Å². The predicted octanol–water partition coefficient (Wildman–Crippen LogP) is 7.12. The highest BCUT2D eigenvalue weighted by atomic mass is 16.7. The van der Waals surface area contributed by atoms with Gasteiger partial charge < -0.3 is 64.2 Å². The van der Waals surface area contributed by atoms with Gasteiger partial charge in [0.2, 0.25) is 0 Å². The lowest BCUT2D eigenvalue weighted by molar-refractivity contribution is -0.332. The van der Waals surface area contributed by atoms with E-state index in [0.717, 1.165) is 57.8 Å². The van der Waals surface area contributed by atoms with Crippen molar-refractivity contribution >= 4 is 5.97 Å². The third kappa shape index (κ3) is 26.8. The van der Waals surface area contributed by atoms with Crippen LogP contribution in [0.1, 0.15) is 149 Å². The number of allylic oxidation sites excluding steroid dienone is 12. The first-order valence-corrected chi connectivity index (χ1v) is 25.0. The van der Waals surface area contributed by atoms with Crippen molar-refractivity contribution in [2.75, 3.05) is 33.0 Å². The summed E-state index contributed by atoms with van der Waals surface area (Å²) in [6.07, 6.45) is 31.2. The Labute approximate surface area is 396 Å². The van der Waals surface area contributed by atoms with Crippen molar-refractivity contribution in [2.24, 2.45) is 0 Å². The third-order valence-electron chi connectivity index (χ3n) is 11.5. The number of esters is 1. The fourth-order valence-electron chi connectivity index (χ4n) is 7.43. The van der Waals surface area contributed by atoms with Gasteiger partial charge in [-0.3, -0.25) is 4.79 Å². The van der Waals surface area contributed by atoms with Gasteiger partial charge in [0.05, 0.1) is 26.4 Å². The molecule has 380 valence electrons. The lowest BCUT2D eigenvalue weighted by Gasteiger charge is -2.42. The molecule has 0 saturated carbocycles. The predicted molar refractivity (Wildman–Crippen MR) is 256 cm³/mol. The molecule has 2 aliphatic heterocycles. The van der Waals surface area contributed by atoms with Gasteiger partial charge in [-0.15, -0.1) is 0 Å². The standard InChI is InChI=1S/C52H88O14/c1-3-5-7-9-11-13-15-17-18-19-20-21-22-23-25-27-29-31-33-35-44(54)64-41(38-61-36-34-32-30-28-26-24-16-14-12-10-8-6-4-2)39-62-51-50(60)48(58)46(56)43(66-51)40-63-52-49(59)47(57)45(55)42(37-53)65-52/h5,7,11,13,17-18,20-21,23,25,29,31,41-43,45-53,55-60H,3-4,6,8-10,12,14-16,19,22,24,26-28,30,32-40H2,1-2H3/b7-5-,13-11-,18-17-,21-20-,25-23-,31-29-. The van der Waals surface area contributed by atoms with Crippen LogP contribution < -0.4 is 0 Å². The average molecular weight is 937 g/mol. The van der Waals surface area contributed by atoms with E-state index in [1.807, 2.05) is 12.2 Å². The molecule has 2 saturated heterocycles. The van der Waals surface area contributed by atoms with Crippen molar-refractivity contribution < 1.29 is 69.0 Å². The van der Waals surface area contributed by atoms with Crippen molar-refractivity contribution in [2.45, 2.75) is 216 Å². The highest BCUT2D eigenvalue weighted by Gasteiger charge is 2.47. The van der Waals surface area contributed by atoms with E-state index in [0.29, 0.717) is 13.0 Å². The van der Waals surface area contributed by atoms with Crippen LogP contribution in [-0.4, -0.2) is 142 Å². The van der Waals surface area contributed by atoms with E-state index in [2.05, 4.69) is 74.6 Å². The lowest BCUT2D eigenvalue weighted by atomic mass is 9.98. The van der Waals surface area contributed by atoms with Crippen molar-refractivity contribution in [3.8, 4) is 0 Å². The van der Waals surface area contributed by atoms with Crippen LogP contribution >= 0.6 is 0 Å². The van der Waals surface area contributed by atoms with Gasteiger partial charge in [0.15, 0.2) is 12.6 Å². The van der Waals surface area contributed by atoms with E-state index in [4.69, 9.17) is 28.4 Å². The van der Waals surface area contributed by atoms with Crippen molar-refractivity contribution in [3.05, 3.63) is 72.9 Å². The maximum Gasteiger partial charge on any atom is 0.306 e. The summed E-state index contributed by atoms with van der Waals surface area (Å²) in [5, 5.41) is 72.0. The minimum absolute atomic E-state index is 0.0293. The molecule has 0 aliphatic carbocycles. The van der Waals surface area contributed by atoms with Gasteiger partial charge in [0.25, 0.3) is 0 Å². The average Bonchev–Trinajstić information content (AvgIpc) is 3.31. The molecule has 0 amide bonds. The number of hydrogen-bond donors (Lipinski definition) is 7. The van der Waals surface area contributed by atoms with Gasteiger partial charge in [-0.2, -0.15) is 0 Å². The van der Waals surface area contributed by atoms with Crippen molar-refractivity contribution in [1.29, 1.82) is 0 Å². The van der Waals surface area contributed by atoms with Crippen LogP contribution in [0.25, 0.3) is 0 Å². The van der Waals surface area contributed by atoms with Crippen LogP contribution in [0.5, 0.6) is 0 Å². The second kappa shape index (κ2) is 39.3. The molecule has 0 spiro atoms. The minimum Gasteiger partial charge on any atom is -0.457 e. The Hall–Kier alpha value is -2.57. The molecular weight excluding hydrogens is 849 g/mol. The largest absolute Gasteiger partial charge is 0.457 e. The maximum absolute atomic E-state index is 13.0. The van der Waals surface area contributed by atoms with Crippen LogP contribution in [0, 0.1) is 0 Å². The Morgan fingerprint density at radius 2 is 0.955 bits per heavy atom. The molecular formula is C52H88O14. The summed E-state index contributed by atoms with van der Waals surface area (Å²) >= 11 is 0. The zero-order valence-electron chi connectivity index (χ0n) is 40.2. The monoisotopic (exact) mass is 937 g/mol. The molecule has 11 unspecified atom stereocenters. The lowest BCUT2D eigenvalue weighted by Crippen LogP contribution is -2.61. The number of ether oxygens (including phenoxy) is 6. The number of unbranched alkanes of at least 4 members (excludes halogenated alkanes) is 12. The highest BCUT2D eigenvalue weighted by Crippen LogP contribution is 2.26. The molecule has 14 nitrogen and oxygen atoms in total. The van der Waals surface area contributed by atoms with E-state index < -0.39 is 86.7 Å². The number of carbonyl (C=O) groups is 1. The first kappa shape index (κ1) is 59.6. The SMILES string of the molecule is CC/C=C\C/C=C\C/C=C\C/C=C\C/C=C\C/C=C\CCC(=O)OC(COCCCCCCCCCCCCCCC)COC1OC(COC2OC(CO)C(O)C(O)C2O)C(O)C(O)C1O. The zero-order valence-corrected chi connectivity index (χ0v) is 40.2. The summed E-state index contributed by atoms with van der Waals surface area (Å²) in [5.41, 5.74) is 0. The third-order valence-corrected chi connectivity index (χ3v) is 11.5. The first-order valence-electron chi connectivity index (χ1n) is 25.0. The van der Waals surface area contributed by atoms with E-state index in [1.165, 1.54) is 64.2 Å². The van der Waals surface area contributed by atoms with Gasteiger partial charge in [-0.05, 0) is 51.4 Å². The van der Waals surface area contributed by atoms with Gasteiger partial charge >= 0.3 is 5.97 Å². The van der Waals surface area contributed by atoms with E-state index in [-0.39, 0.29) is 19.6 Å². The molecule has 0 aromatic carbocycles. The van der Waals surface area contributed by atoms with Gasteiger partial charge in [-0.1, -0.05) is 164 Å². The van der Waals surface area contributed by atoms with E-state index >= 15 is 0 Å². The fraction of sp³-hybridized carbons (Fsp3) is 0.750. The van der Waals surface area contributed by atoms with Gasteiger partial charge in [0.1, 0.15) is 54.9 Å². The van der Waals surface area contributed by atoms with Crippen LogP contribution in [0.15, 0.2) is 72.9 Å². The highest BCUT2D eigenvalue weighted by molar-refractivity contribution is 5.69. The normalized spacial score (nSPS) is 26.9. The molecule has 2 aliphatic rings. The molecule has 14 heteroatoms. The molecule has 11 atom stereocenters. The summed E-state index contributed by atoms with van der Waals surface area (Å²) in [6.45, 7) is 3.46. The Morgan fingerprint density at radius 1 is 0.515 bits per heavy atom. The minimum atomic E-state index is -1.72. The van der Waals surface area contributed by atoms with Crippen LogP contribution in [-0.2, 0) is 33.2 Å². The quantitative estimate of drug-likeness (QED) is 0.0187. The van der Waals surface area contributed by atoms with Crippen molar-refractivity contribution in [3.63, 3.8) is 0 Å². The topological polar surface area (TPSA) is 214 Å². The Morgan fingerprint density at radius 3 is 1.45 bits per heavy atom. The number of carbonyl (C=O) groups excluding carboxylic acids is 1. The summed E-state index contributed by atoms with van der Waals surface area (Å²) in [6, 6.07) is 0. The number of hydrogen-bond acceptors (Lipinski definition) is 14. The second-order valence-electron chi connectivity index (χ2n) is 17.3. The number of aliphatic hydroxyl groups excluding tert-OH is 7. The smallest absolute Gasteiger partial charge is 0.306 e. The van der Waals surface area contributed by atoms with E-state index in [9.17, 15) is 40.5 Å². The Bertz CT molecular complexity index is 1360. The Balaban J connectivity index is 1.82. The molecule has 2 rings (SSSR count). The Kier molecular flexibility index (Phi) is 35.5. The van der Waals surface area contributed by atoms with Gasteiger partial charge in [0, 0.05) is 13.0 Å².